The molecule has 4 rings (SSSR count). The highest BCUT2D eigenvalue weighted by molar-refractivity contribution is 6.08. The summed E-state index contributed by atoms with van der Waals surface area (Å²) < 4.78 is 1.70. The highest BCUT2D eigenvalue weighted by Gasteiger charge is 2.36. The summed E-state index contributed by atoms with van der Waals surface area (Å²) in [7, 11) is 0. The van der Waals surface area contributed by atoms with E-state index < -0.39 is 0 Å². The van der Waals surface area contributed by atoms with Crippen molar-refractivity contribution in [3.05, 3.63) is 35.7 Å². The average Bonchev–Trinajstić information content (AvgIpc) is 3.01. The monoisotopic (exact) mass is 325 g/mol. The van der Waals surface area contributed by atoms with Crippen molar-refractivity contribution in [2.24, 2.45) is 0 Å². The Labute approximate surface area is 142 Å². The number of piperidine rings is 1. The van der Waals surface area contributed by atoms with Crippen LogP contribution in [0, 0.1) is 6.92 Å². The molecule has 1 atom stereocenters. The van der Waals surface area contributed by atoms with E-state index in [1.807, 2.05) is 30.9 Å². The summed E-state index contributed by atoms with van der Waals surface area (Å²) in [5.41, 5.74) is 3.49. The predicted octanol–water partition coefficient (Wildman–Crippen LogP) is 2.63. The molecular weight excluding hydrogens is 302 g/mol. The molecule has 0 saturated carbocycles. The Kier molecular flexibility index (Phi) is 3.75. The largest absolute Gasteiger partial charge is 0.365 e. The lowest BCUT2D eigenvalue weighted by Crippen LogP contribution is -2.53. The van der Waals surface area contributed by atoms with Gasteiger partial charge in [-0.25, -0.2) is 4.68 Å². The first kappa shape index (κ1) is 15.2. The summed E-state index contributed by atoms with van der Waals surface area (Å²) in [6.45, 7) is 6.31. The zero-order valence-electron chi connectivity index (χ0n) is 14.3. The Morgan fingerprint density at radius 1 is 1.25 bits per heavy atom. The van der Waals surface area contributed by atoms with Crippen molar-refractivity contribution in [2.45, 2.75) is 45.7 Å². The number of hydrogen-bond acceptors (Lipinski definition) is 4. The van der Waals surface area contributed by atoms with Crippen LogP contribution in [-0.4, -0.2) is 40.0 Å². The van der Waals surface area contributed by atoms with Crippen molar-refractivity contribution in [1.82, 2.24) is 15.0 Å². The van der Waals surface area contributed by atoms with E-state index in [9.17, 15) is 4.79 Å². The van der Waals surface area contributed by atoms with Crippen molar-refractivity contribution in [1.29, 1.82) is 0 Å². The molecule has 0 bridgehead atoms. The van der Waals surface area contributed by atoms with E-state index in [2.05, 4.69) is 27.3 Å². The molecular formula is C18H23N5O. The minimum Gasteiger partial charge on any atom is -0.365 e. The minimum atomic E-state index is 0.0111. The van der Waals surface area contributed by atoms with Crippen LogP contribution in [0.5, 0.6) is 0 Å². The number of benzene rings is 1. The number of nitrogens with zero attached hydrogens (tertiary/aromatic N) is 5. The first-order valence-corrected chi connectivity index (χ1v) is 8.78. The van der Waals surface area contributed by atoms with E-state index >= 15 is 0 Å². The molecule has 1 fully saturated rings. The number of anilines is 2. The number of rotatable bonds is 2. The Bertz CT molecular complexity index is 769. The highest BCUT2D eigenvalue weighted by Crippen LogP contribution is 2.39. The molecule has 1 aromatic carbocycles. The van der Waals surface area contributed by atoms with Gasteiger partial charge in [-0.15, -0.1) is 5.10 Å². The molecule has 6 nitrogen and oxygen atoms in total. The van der Waals surface area contributed by atoms with Crippen molar-refractivity contribution in [3.63, 3.8) is 0 Å². The van der Waals surface area contributed by atoms with Crippen LogP contribution in [0.3, 0.4) is 0 Å². The lowest BCUT2D eigenvalue weighted by molar-refractivity contribution is 0.0971. The quantitative estimate of drug-likeness (QED) is 0.852. The first-order valence-electron chi connectivity index (χ1n) is 8.78. The third-order valence-corrected chi connectivity index (χ3v) is 5.15. The molecule has 2 aliphatic rings. The fourth-order valence-corrected chi connectivity index (χ4v) is 3.96. The van der Waals surface area contributed by atoms with E-state index in [1.165, 1.54) is 18.5 Å². The number of carbonyl (C=O) groups is 1. The molecule has 2 aromatic rings. The summed E-state index contributed by atoms with van der Waals surface area (Å²) in [5.74, 6) is 0.0111. The van der Waals surface area contributed by atoms with Gasteiger partial charge in [0.1, 0.15) is 5.69 Å². The van der Waals surface area contributed by atoms with Crippen molar-refractivity contribution in [3.8, 4) is 0 Å². The third kappa shape index (κ3) is 2.28. The van der Waals surface area contributed by atoms with Gasteiger partial charge in [-0.1, -0.05) is 17.3 Å². The van der Waals surface area contributed by atoms with Crippen LogP contribution in [0.2, 0.25) is 0 Å². The number of aromatic nitrogens is 3. The van der Waals surface area contributed by atoms with Gasteiger partial charge in [0.15, 0.2) is 0 Å². The maximum absolute atomic E-state index is 13.3. The molecule has 3 heterocycles. The maximum Gasteiger partial charge on any atom is 0.278 e. The van der Waals surface area contributed by atoms with Gasteiger partial charge in [-0.3, -0.25) is 4.79 Å². The molecule has 6 heteroatoms. The van der Waals surface area contributed by atoms with Crippen LogP contribution >= 0.6 is 0 Å². The number of amides is 1. The summed E-state index contributed by atoms with van der Waals surface area (Å²) >= 11 is 0. The second kappa shape index (κ2) is 5.92. The molecule has 2 aliphatic heterocycles. The first-order chi connectivity index (χ1) is 11.7. The second-order valence-corrected chi connectivity index (χ2v) is 6.59. The lowest BCUT2D eigenvalue weighted by Gasteiger charge is -2.46. The molecule has 0 N–H and O–H groups in total. The van der Waals surface area contributed by atoms with Gasteiger partial charge in [0.25, 0.3) is 5.91 Å². The van der Waals surface area contributed by atoms with Crippen molar-refractivity contribution < 1.29 is 4.79 Å². The Hall–Kier alpha value is -2.37. The summed E-state index contributed by atoms with van der Waals surface area (Å²) in [6.07, 6.45) is 3.60. The molecule has 126 valence electrons. The van der Waals surface area contributed by atoms with Crippen molar-refractivity contribution >= 4 is 17.3 Å². The van der Waals surface area contributed by atoms with Gasteiger partial charge in [0, 0.05) is 25.7 Å². The van der Waals surface area contributed by atoms with Crippen LogP contribution in [0.1, 0.15) is 42.4 Å². The molecule has 0 spiro atoms. The van der Waals surface area contributed by atoms with Gasteiger partial charge < -0.3 is 9.80 Å². The Morgan fingerprint density at radius 2 is 2.04 bits per heavy atom. The number of carbonyl (C=O) groups excluding carboxylic acids is 1. The number of fused-ring (bicyclic) bond motifs is 3. The van der Waals surface area contributed by atoms with Crippen LogP contribution in [0.4, 0.5) is 11.4 Å². The van der Waals surface area contributed by atoms with Crippen LogP contribution in [0.15, 0.2) is 24.3 Å². The Balaban J connectivity index is 1.77. The van der Waals surface area contributed by atoms with E-state index in [0.717, 1.165) is 25.2 Å². The Morgan fingerprint density at radius 3 is 2.83 bits per heavy atom. The van der Waals surface area contributed by atoms with E-state index in [0.29, 0.717) is 24.0 Å². The SMILES string of the molecule is CCn1nnc(C)c1C(=O)N1CC2CCCCN2c2ccccc21. The van der Waals surface area contributed by atoms with Crippen LogP contribution in [0.25, 0.3) is 0 Å². The zero-order valence-corrected chi connectivity index (χ0v) is 14.3. The van der Waals surface area contributed by atoms with Gasteiger partial charge in [0.2, 0.25) is 0 Å². The number of hydrogen-bond donors (Lipinski definition) is 0. The topological polar surface area (TPSA) is 54.3 Å². The molecule has 1 saturated heterocycles. The summed E-state index contributed by atoms with van der Waals surface area (Å²) in [5, 5.41) is 8.19. The standard InChI is InChI=1S/C18H23N5O/c1-3-23-17(13(2)19-20-23)18(24)22-12-14-8-6-7-11-21(14)15-9-4-5-10-16(15)22/h4-5,9-10,14H,3,6-8,11-12H2,1-2H3. The predicted molar refractivity (Wildman–Crippen MR) is 93.5 cm³/mol. The number of para-hydroxylation sites is 2. The fourth-order valence-electron chi connectivity index (χ4n) is 3.96. The lowest BCUT2D eigenvalue weighted by atomic mass is 9.96. The molecule has 1 amide bonds. The maximum atomic E-state index is 13.3. The molecule has 1 unspecified atom stereocenters. The van der Waals surface area contributed by atoms with Gasteiger partial charge in [-0.2, -0.15) is 0 Å². The molecule has 0 radical (unpaired) electrons. The summed E-state index contributed by atoms with van der Waals surface area (Å²) in [4.78, 5) is 17.7. The number of aryl methyl sites for hydroxylation is 2. The second-order valence-electron chi connectivity index (χ2n) is 6.59. The van der Waals surface area contributed by atoms with Crippen LogP contribution < -0.4 is 9.80 Å². The van der Waals surface area contributed by atoms with Crippen LogP contribution in [-0.2, 0) is 6.54 Å². The van der Waals surface area contributed by atoms with E-state index in [1.54, 1.807) is 4.68 Å². The molecule has 24 heavy (non-hydrogen) atoms. The fraction of sp³-hybridized carbons (Fsp3) is 0.500. The zero-order chi connectivity index (χ0) is 16.7. The van der Waals surface area contributed by atoms with Gasteiger partial charge in [0.05, 0.1) is 17.1 Å². The molecule has 1 aromatic heterocycles. The summed E-state index contributed by atoms with van der Waals surface area (Å²) in [6, 6.07) is 8.65. The van der Waals surface area contributed by atoms with Gasteiger partial charge >= 0.3 is 0 Å². The normalized spacial score (nSPS) is 19.8. The van der Waals surface area contributed by atoms with Crippen molar-refractivity contribution in [2.75, 3.05) is 22.9 Å². The van der Waals surface area contributed by atoms with E-state index in [4.69, 9.17) is 0 Å². The minimum absolute atomic E-state index is 0.0111. The molecule has 0 aliphatic carbocycles. The smallest absolute Gasteiger partial charge is 0.278 e. The van der Waals surface area contributed by atoms with E-state index in [-0.39, 0.29) is 5.91 Å². The highest BCUT2D eigenvalue weighted by atomic mass is 16.2. The average molecular weight is 325 g/mol. The third-order valence-electron chi connectivity index (χ3n) is 5.15. The van der Waals surface area contributed by atoms with Gasteiger partial charge in [-0.05, 0) is 45.2 Å².